The number of rotatable bonds is 14. The largest absolute Gasteiger partial charge is 0.490 e. The molecule has 1 aliphatic heterocycles. The summed E-state index contributed by atoms with van der Waals surface area (Å²) in [7, 11) is 0. The molecule has 0 bridgehead atoms. The summed E-state index contributed by atoms with van der Waals surface area (Å²) in [6, 6.07) is 11.4. The van der Waals surface area contributed by atoms with Crippen LogP contribution < -0.4 is 30.3 Å². The van der Waals surface area contributed by atoms with Crippen LogP contribution in [0.4, 0.5) is 0 Å². The Morgan fingerprint density at radius 3 is 2.40 bits per heavy atom. The van der Waals surface area contributed by atoms with Gasteiger partial charge < -0.3 is 34.3 Å². The molecule has 1 amide bonds. The van der Waals surface area contributed by atoms with E-state index >= 15 is 0 Å². The normalized spacial score (nSPS) is 14.5. The summed E-state index contributed by atoms with van der Waals surface area (Å²) < 4.78 is 27.0. The van der Waals surface area contributed by atoms with E-state index in [1.54, 1.807) is 63.2 Å². The molecule has 0 aliphatic carbocycles. The Labute approximate surface area is 249 Å². The van der Waals surface area contributed by atoms with Gasteiger partial charge in [-0.2, -0.15) is 5.10 Å². The van der Waals surface area contributed by atoms with Gasteiger partial charge in [0.15, 0.2) is 29.8 Å². The minimum atomic E-state index is -0.640. The maximum Gasteiger partial charge on any atom is 0.344 e. The van der Waals surface area contributed by atoms with Crippen molar-refractivity contribution in [1.82, 2.24) is 16.1 Å². The van der Waals surface area contributed by atoms with Crippen LogP contribution in [0.3, 0.4) is 0 Å². The van der Waals surface area contributed by atoms with Crippen LogP contribution in [0, 0.1) is 0 Å². The first kappa shape index (κ1) is 31.9. The van der Waals surface area contributed by atoms with Gasteiger partial charge in [0.25, 0.3) is 5.91 Å². The number of allylic oxidation sites excluding steroid dienone is 1. The number of ether oxygens (including phenoxy) is 5. The van der Waals surface area contributed by atoms with E-state index in [-0.39, 0.29) is 26.4 Å². The van der Waals surface area contributed by atoms with Crippen molar-refractivity contribution >= 4 is 41.4 Å². The summed E-state index contributed by atoms with van der Waals surface area (Å²) in [6.45, 7) is 7.26. The lowest BCUT2D eigenvalue weighted by atomic mass is 9.95. The number of carbonyl (C=O) groups is 3. The molecule has 0 aromatic heterocycles. The molecule has 1 atom stereocenters. The van der Waals surface area contributed by atoms with Gasteiger partial charge in [0, 0.05) is 11.3 Å². The van der Waals surface area contributed by atoms with Crippen LogP contribution in [-0.4, -0.2) is 62.2 Å². The molecule has 0 spiro atoms. The Bertz CT molecular complexity index is 1360. The number of esters is 2. The molecule has 2 aromatic rings. The Kier molecular flexibility index (Phi) is 12.1. The summed E-state index contributed by atoms with van der Waals surface area (Å²) in [5, 5.41) is 10.4. The maximum atomic E-state index is 12.7. The van der Waals surface area contributed by atoms with E-state index in [4.69, 9.17) is 35.9 Å². The fraction of sp³-hybridized carbons (Fsp3) is 0.345. The number of nitrogens with one attached hydrogen (secondary N) is 3. The van der Waals surface area contributed by atoms with Crippen LogP contribution in [0.5, 0.6) is 17.2 Å². The fourth-order valence-corrected chi connectivity index (χ4v) is 4.21. The Balaban J connectivity index is 1.65. The molecule has 1 heterocycles. The lowest BCUT2D eigenvalue weighted by Gasteiger charge is -2.30. The van der Waals surface area contributed by atoms with Crippen molar-refractivity contribution in [2.24, 2.45) is 5.10 Å². The SMILES string of the molecule is CCOC(=O)COc1ccc(C=NNC(=O)COc2ccccc2[C@H]2NC(=S)NC(C)=C2C(=O)OCC)cc1OCC. The zero-order valence-corrected chi connectivity index (χ0v) is 24.7. The number of hydrazone groups is 1. The molecule has 2 aromatic carbocycles. The summed E-state index contributed by atoms with van der Waals surface area (Å²) >= 11 is 5.30. The van der Waals surface area contributed by atoms with Gasteiger partial charge in [-0.1, -0.05) is 18.2 Å². The molecule has 0 radical (unpaired) electrons. The third-order valence-corrected chi connectivity index (χ3v) is 5.89. The highest BCUT2D eigenvalue weighted by molar-refractivity contribution is 7.80. The molecule has 12 nitrogen and oxygen atoms in total. The topological polar surface area (TPSA) is 146 Å². The first-order chi connectivity index (χ1) is 20.3. The van der Waals surface area contributed by atoms with E-state index in [2.05, 4.69) is 21.2 Å². The van der Waals surface area contributed by atoms with Gasteiger partial charge >= 0.3 is 11.9 Å². The van der Waals surface area contributed by atoms with Crippen LogP contribution in [0.1, 0.15) is 44.9 Å². The zero-order chi connectivity index (χ0) is 30.5. The first-order valence-corrected chi connectivity index (χ1v) is 13.7. The minimum Gasteiger partial charge on any atom is -0.490 e. The minimum absolute atomic E-state index is 0.214. The van der Waals surface area contributed by atoms with E-state index in [1.807, 2.05) is 6.92 Å². The summed E-state index contributed by atoms with van der Waals surface area (Å²) in [5.74, 6) is -0.317. The van der Waals surface area contributed by atoms with Crippen molar-refractivity contribution < 1.29 is 38.1 Å². The number of para-hydroxylation sites is 1. The summed E-state index contributed by atoms with van der Waals surface area (Å²) in [6.07, 6.45) is 1.43. The maximum absolute atomic E-state index is 12.7. The van der Waals surface area contributed by atoms with Crippen LogP contribution in [0.25, 0.3) is 0 Å². The molecule has 3 rings (SSSR count). The van der Waals surface area contributed by atoms with Crippen LogP contribution in [0.15, 0.2) is 58.8 Å². The third kappa shape index (κ3) is 8.93. The van der Waals surface area contributed by atoms with Crippen molar-refractivity contribution in [3.63, 3.8) is 0 Å². The monoisotopic (exact) mass is 598 g/mol. The molecule has 0 saturated heterocycles. The molecule has 0 fully saturated rings. The number of hydrogen-bond donors (Lipinski definition) is 3. The van der Waals surface area contributed by atoms with Gasteiger partial charge in [-0.05, 0) is 69.7 Å². The number of amides is 1. The second-order valence-corrected chi connectivity index (χ2v) is 9.05. The number of carbonyl (C=O) groups excluding carboxylic acids is 3. The number of nitrogens with zero attached hydrogens (tertiary/aromatic N) is 1. The molecule has 0 saturated carbocycles. The average molecular weight is 599 g/mol. The second kappa shape index (κ2) is 16.0. The highest BCUT2D eigenvalue weighted by atomic mass is 32.1. The van der Waals surface area contributed by atoms with E-state index in [0.29, 0.717) is 51.4 Å². The van der Waals surface area contributed by atoms with Crippen LogP contribution in [0.2, 0.25) is 0 Å². The molecule has 0 unspecified atom stereocenters. The standard InChI is InChI=1S/C29H34N4O8S/c1-5-37-23-14-19(12-13-22(23)41-17-25(35)38-6-2)15-30-33-24(34)16-40-21-11-9-8-10-20(21)27-26(28(36)39-7-3)18(4)31-29(42)32-27/h8-15,27H,5-7,16-17H2,1-4H3,(H,33,34)(H2,31,32,42)/t27-/m1/s1. The lowest BCUT2D eigenvalue weighted by molar-refractivity contribution is -0.145. The molecule has 1 aliphatic rings. The molecule has 42 heavy (non-hydrogen) atoms. The fourth-order valence-electron chi connectivity index (χ4n) is 3.94. The van der Waals surface area contributed by atoms with Crippen molar-refractivity contribution in [3.05, 3.63) is 64.9 Å². The molecule has 13 heteroatoms. The first-order valence-electron chi connectivity index (χ1n) is 13.3. The smallest absolute Gasteiger partial charge is 0.344 e. The predicted octanol–water partition coefficient (Wildman–Crippen LogP) is 2.91. The van der Waals surface area contributed by atoms with Crippen molar-refractivity contribution in [1.29, 1.82) is 0 Å². The lowest BCUT2D eigenvalue weighted by Crippen LogP contribution is -2.45. The zero-order valence-electron chi connectivity index (χ0n) is 23.9. The Hall–Kier alpha value is -4.65. The Morgan fingerprint density at radius 2 is 1.67 bits per heavy atom. The number of thiocarbonyl (C=S) groups is 1. The number of benzene rings is 2. The van der Waals surface area contributed by atoms with Crippen molar-refractivity contribution in [2.45, 2.75) is 33.7 Å². The van der Waals surface area contributed by atoms with Gasteiger partial charge in [0.2, 0.25) is 0 Å². The third-order valence-electron chi connectivity index (χ3n) is 5.67. The van der Waals surface area contributed by atoms with E-state index < -0.39 is 23.9 Å². The van der Waals surface area contributed by atoms with Crippen LogP contribution in [-0.2, 0) is 23.9 Å². The second-order valence-electron chi connectivity index (χ2n) is 8.64. The van der Waals surface area contributed by atoms with Crippen molar-refractivity contribution in [3.8, 4) is 17.2 Å². The van der Waals surface area contributed by atoms with Gasteiger partial charge in [-0.15, -0.1) is 0 Å². The molecule has 224 valence electrons. The van der Waals surface area contributed by atoms with Crippen LogP contribution >= 0.6 is 12.2 Å². The number of hydrogen-bond acceptors (Lipinski definition) is 10. The van der Waals surface area contributed by atoms with Gasteiger partial charge in [-0.3, -0.25) is 4.79 Å². The summed E-state index contributed by atoms with van der Waals surface area (Å²) in [5.41, 5.74) is 4.57. The molecular formula is C29H34N4O8S. The highest BCUT2D eigenvalue weighted by Gasteiger charge is 2.32. The predicted molar refractivity (Wildman–Crippen MR) is 158 cm³/mol. The van der Waals surface area contributed by atoms with E-state index in [0.717, 1.165) is 0 Å². The average Bonchev–Trinajstić information content (AvgIpc) is 2.96. The van der Waals surface area contributed by atoms with Gasteiger partial charge in [-0.25, -0.2) is 15.0 Å². The molecular weight excluding hydrogens is 564 g/mol. The van der Waals surface area contributed by atoms with Gasteiger partial charge in [0.1, 0.15) is 5.75 Å². The molecule has 3 N–H and O–H groups in total. The van der Waals surface area contributed by atoms with E-state index in [1.165, 1.54) is 6.21 Å². The highest BCUT2D eigenvalue weighted by Crippen LogP contribution is 2.33. The van der Waals surface area contributed by atoms with E-state index in [9.17, 15) is 14.4 Å². The summed E-state index contributed by atoms with van der Waals surface area (Å²) in [4.78, 5) is 36.8. The quantitative estimate of drug-likeness (QED) is 0.128. The van der Waals surface area contributed by atoms with Crippen molar-refractivity contribution in [2.75, 3.05) is 33.0 Å². The van der Waals surface area contributed by atoms with Gasteiger partial charge in [0.05, 0.1) is 37.7 Å². The Morgan fingerprint density at radius 1 is 0.929 bits per heavy atom.